The lowest BCUT2D eigenvalue weighted by Gasteiger charge is -2.65. The van der Waals surface area contributed by atoms with E-state index in [2.05, 4.69) is 0 Å². The highest BCUT2D eigenvalue weighted by Gasteiger charge is 2.75. The van der Waals surface area contributed by atoms with E-state index in [1.165, 1.54) is 13.0 Å². The summed E-state index contributed by atoms with van der Waals surface area (Å²) in [7, 11) is 0. The number of allylic oxidation sites excluding steroid dienone is 1. The molecule has 14 heteroatoms. The molecule has 0 amide bonds. The monoisotopic (exact) mass is 706 g/mol. The molecule has 2 heterocycles. The molecule has 15 unspecified atom stereocenters. The van der Waals surface area contributed by atoms with Crippen LogP contribution in [0.4, 0.5) is 0 Å². The van der Waals surface area contributed by atoms with Crippen LogP contribution in [0.1, 0.15) is 66.7 Å². The summed E-state index contributed by atoms with van der Waals surface area (Å²) in [4.78, 5) is 39.2. The zero-order valence-electron chi connectivity index (χ0n) is 29.0. The highest BCUT2D eigenvalue weighted by molar-refractivity contribution is 5.97. The predicted molar refractivity (Wildman–Crippen MR) is 171 cm³/mol. The molecule has 0 radical (unpaired) electrons. The minimum atomic E-state index is -1.78. The van der Waals surface area contributed by atoms with Gasteiger partial charge < -0.3 is 54.7 Å². The Balaban J connectivity index is 1.28. The Morgan fingerprint density at radius 2 is 1.78 bits per heavy atom. The van der Waals surface area contributed by atoms with Crippen molar-refractivity contribution >= 4 is 17.7 Å². The third-order valence-electron chi connectivity index (χ3n) is 13.3. The molecule has 2 aliphatic heterocycles. The minimum absolute atomic E-state index is 0.0307. The number of cyclic esters (lactones) is 1. The Morgan fingerprint density at radius 1 is 1.08 bits per heavy atom. The van der Waals surface area contributed by atoms with Crippen molar-refractivity contribution in [2.24, 2.45) is 28.6 Å². The van der Waals surface area contributed by atoms with Gasteiger partial charge in [-0.05, 0) is 69.1 Å². The van der Waals surface area contributed by atoms with Crippen molar-refractivity contribution in [2.45, 2.75) is 127 Å². The van der Waals surface area contributed by atoms with Crippen LogP contribution in [0.5, 0.6) is 0 Å². The number of ether oxygens (including phenoxy) is 4. The molecule has 7 N–H and O–H groups in total. The average molecular weight is 707 g/mol. The molecule has 0 aromatic rings. The first-order valence-corrected chi connectivity index (χ1v) is 17.4. The zero-order valence-corrected chi connectivity index (χ0v) is 29.0. The van der Waals surface area contributed by atoms with Crippen molar-refractivity contribution in [3.05, 3.63) is 34.9 Å². The molecule has 15 atom stereocenters. The quantitative estimate of drug-likeness (QED) is 0.134. The molecule has 0 bridgehead atoms. The van der Waals surface area contributed by atoms with Crippen LogP contribution in [0.2, 0.25) is 0 Å². The number of hydrogen-bond acceptors (Lipinski definition) is 14. The summed E-state index contributed by atoms with van der Waals surface area (Å²) in [5.41, 5.74) is -4.46. The second kappa shape index (κ2) is 12.8. The van der Waals surface area contributed by atoms with Gasteiger partial charge in [-0.25, -0.2) is 4.79 Å². The normalized spacial score (nSPS) is 47.9. The Hall–Kier alpha value is -2.53. The summed E-state index contributed by atoms with van der Waals surface area (Å²) in [5, 5.41) is 76.5. The lowest BCUT2D eigenvalue weighted by Crippen LogP contribution is -2.74. The van der Waals surface area contributed by atoms with Gasteiger partial charge >= 0.3 is 11.9 Å². The third kappa shape index (κ3) is 5.20. The van der Waals surface area contributed by atoms with Crippen molar-refractivity contribution in [1.82, 2.24) is 0 Å². The fourth-order valence-corrected chi connectivity index (χ4v) is 10.1. The highest BCUT2D eigenvalue weighted by Crippen LogP contribution is 2.69. The summed E-state index contributed by atoms with van der Waals surface area (Å²) >= 11 is 0. The molecular weight excluding hydrogens is 656 g/mol. The number of ketones is 1. The molecule has 278 valence electrons. The van der Waals surface area contributed by atoms with Gasteiger partial charge in [0.15, 0.2) is 12.1 Å². The maximum atomic E-state index is 13.5. The first-order valence-electron chi connectivity index (χ1n) is 17.4. The van der Waals surface area contributed by atoms with Crippen molar-refractivity contribution in [2.75, 3.05) is 13.2 Å². The number of carbonyl (C=O) groups is 3. The summed E-state index contributed by atoms with van der Waals surface area (Å²) in [5.74, 6) is -3.39. The van der Waals surface area contributed by atoms with Crippen molar-refractivity contribution < 1.29 is 69.1 Å². The van der Waals surface area contributed by atoms with Crippen molar-refractivity contribution in [3.63, 3.8) is 0 Å². The van der Waals surface area contributed by atoms with Gasteiger partial charge in [-0.1, -0.05) is 25.5 Å². The molecule has 4 aliphatic carbocycles. The van der Waals surface area contributed by atoms with E-state index < -0.39 is 107 Å². The van der Waals surface area contributed by atoms with E-state index in [9.17, 15) is 50.1 Å². The van der Waals surface area contributed by atoms with Gasteiger partial charge in [-0.15, -0.1) is 0 Å². The summed E-state index contributed by atoms with van der Waals surface area (Å²) in [6.45, 7) is 7.35. The fourth-order valence-electron chi connectivity index (χ4n) is 10.1. The second-order valence-corrected chi connectivity index (χ2v) is 15.6. The van der Waals surface area contributed by atoms with E-state index in [0.717, 1.165) is 0 Å². The van der Waals surface area contributed by atoms with Crippen LogP contribution >= 0.6 is 0 Å². The Labute approximate surface area is 290 Å². The average Bonchev–Trinajstić information content (AvgIpc) is 3.29. The molecule has 0 spiro atoms. The number of esters is 2. The van der Waals surface area contributed by atoms with Crippen LogP contribution in [0, 0.1) is 28.6 Å². The Bertz CT molecular complexity index is 1500. The van der Waals surface area contributed by atoms with Gasteiger partial charge in [0.2, 0.25) is 0 Å². The van der Waals surface area contributed by atoms with Crippen LogP contribution < -0.4 is 0 Å². The van der Waals surface area contributed by atoms with Gasteiger partial charge in [0.05, 0.1) is 24.7 Å². The Morgan fingerprint density at radius 3 is 2.44 bits per heavy atom. The topological polar surface area (TPSA) is 230 Å². The third-order valence-corrected chi connectivity index (χ3v) is 13.3. The number of rotatable bonds is 7. The highest BCUT2D eigenvalue weighted by atomic mass is 16.7. The van der Waals surface area contributed by atoms with Crippen LogP contribution in [0.3, 0.4) is 0 Å². The van der Waals surface area contributed by atoms with Crippen molar-refractivity contribution in [1.29, 1.82) is 0 Å². The predicted octanol–water partition coefficient (Wildman–Crippen LogP) is -0.263. The lowest BCUT2D eigenvalue weighted by atomic mass is 9.41. The number of fused-ring (bicyclic) bond motifs is 5. The largest absolute Gasteiger partial charge is 0.458 e. The maximum Gasteiger partial charge on any atom is 0.334 e. The number of aliphatic hydroxyl groups is 7. The van der Waals surface area contributed by atoms with Crippen molar-refractivity contribution in [3.8, 4) is 0 Å². The first-order chi connectivity index (χ1) is 23.4. The van der Waals surface area contributed by atoms with Gasteiger partial charge in [0, 0.05) is 30.3 Å². The van der Waals surface area contributed by atoms with Crippen LogP contribution in [0.15, 0.2) is 34.9 Å². The van der Waals surface area contributed by atoms with E-state index >= 15 is 0 Å². The molecule has 3 fully saturated rings. The summed E-state index contributed by atoms with van der Waals surface area (Å²) in [6.07, 6.45) is -4.91. The summed E-state index contributed by atoms with van der Waals surface area (Å²) < 4.78 is 22.9. The van der Waals surface area contributed by atoms with Gasteiger partial charge in [0.25, 0.3) is 0 Å². The van der Waals surface area contributed by atoms with Crippen LogP contribution in [-0.4, -0.2) is 127 Å². The Kier molecular flexibility index (Phi) is 9.57. The standard InChI is InChI=1S/C36H50O14/c1-16-19(15-47-32-30(43)29(42)28(41)24(14-37)50-32)11-23(49-31(16)44)17(2)21-13-27(48-18(3)38)36(46)22-12-26(40)35(45)9-6-7-25(39)34(35,5)20(22)8-10-33(21,36)4/h6-7,13,17,20,22-24,26-30,32,37,40-43,45-46H,8-12,14-15H2,1-5H3. The van der Waals surface area contributed by atoms with Gasteiger partial charge in [0.1, 0.15) is 47.8 Å². The van der Waals surface area contributed by atoms with E-state index in [1.54, 1.807) is 26.0 Å². The van der Waals surface area contributed by atoms with Crippen LogP contribution in [-0.2, 0) is 33.3 Å². The van der Waals surface area contributed by atoms with E-state index in [1.807, 2.05) is 13.8 Å². The second-order valence-electron chi connectivity index (χ2n) is 15.6. The van der Waals surface area contributed by atoms with E-state index in [4.69, 9.17) is 18.9 Å². The molecule has 2 saturated carbocycles. The summed E-state index contributed by atoms with van der Waals surface area (Å²) in [6, 6.07) is 0. The van der Waals surface area contributed by atoms with Gasteiger partial charge in [-0.3, -0.25) is 9.59 Å². The van der Waals surface area contributed by atoms with Crippen LogP contribution in [0.25, 0.3) is 0 Å². The minimum Gasteiger partial charge on any atom is -0.458 e. The molecule has 0 aromatic carbocycles. The number of aliphatic hydroxyl groups excluding tert-OH is 5. The SMILES string of the molecule is CC(=O)OC1C=C(C(C)C2CC(COC3OC(CO)C(O)C(O)C3O)=C(C)C(=O)O2)C2(C)CCC3C(CC(O)C4(O)CC=CC(=O)C34C)C12O. The number of hydrogen-bond donors (Lipinski definition) is 7. The molecule has 0 aromatic heterocycles. The first kappa shape index (κ1) is 37.2. The molecule has 1 saturated heterocycles. The molecule has 50 heavy (non-hydrogen) atoms. The molecule has 6 aliphatic rings. The van der Waals surface area contributed by atoms with E-state index in [-0.39, 0.29) is 37.2 Å². The molecule has 6 rings (SSSR count). The molecular formula is C36H50O14. The fraction of sp³-hybridized carbons (Fsp3) is 0.750. The lowest BCUT2D eigenvalue weighted by molar-refractivity contribution is -0.299. The maximum absolute atomic E-state index is 13.5. The van der Waals surface area contributed by atoms with Gasteiger partial charge in [-0.2, -0.15) is 0 Å². The smallest absolute Gasteiger partial charge is 0.334 e. The zero-order chi connectivity index (χ0) is 36.7. The molecule has 14 nitrogen and oxygen atoms in total. The van der Waals surface area contributed by atoms with E-state index in [0.29, 0.717) is 24.0 Å². The number of carbonyl (C=O) groups excluding carboxylic acids is 3.